The van der Waals surface area contributed by atoms with E-state index in [-0.39, 0.29) is 5.54 Å². The van der Waals surface area contributed by atoms with Crippen molar-refractivity contribution in [3.8, 4) is 0 Å². The van der Waals surface area contributed by atoms with Gasteiger partial charge in [0.25, 0.3) is 0 Å². The minimum absolute atomic E-state index is 0.183. The van der Waals surface area contributed by atoms with E-state index in [0.717, 1.165) is 24.7 Å². The van der Waals surface area contributed by atoms with Crippen LogP contribution in [0, 0.1) is 0 Å². The maximum absolute atomic E-state index is 4.44. The molecule has 0 amide bonds. The average Bonchev–Trinajstić information content (AvgIpc) is 3.20. The molecule has 0 unspecified atom stereocenters. The molecule has 0 aliphatic heterocycles. The number of anilines is 1. The molecule has 1 N–H and O–H groups in total. The molecule has 0 aromatic carbocycles. The lowest BCUT2D eigenvalue weighted by atomic mass is 9.99. The smallest absolute Gasteiger partial charge is 0.0562 e. The molecular formula is C15H25N3. The zero-order valence-corrected chi connectivity index (χ0v) is 12.0. The Morgan fingerprint density at radius 1 is 1.44 bits per heavy atom. The third-order valence-corrected chi connectivity index (χ3v) is 4.11. The van der Waals surface area contributed by atoms with Gasteiger partial charge in [-0.05, 0) is 45.2 Å². The predicted molar refractivity (Wildman–Crippen MR) is 76.9 cm³/mol. The number of nitrogens with zero attached hydrogens (tertiary/aromatic N) is 2. The molecule has 1 saturated carbocycles. The van der Waals surface area contributed by atoms with E-state index in [2.05, 4.69) is 55.2 Å². The minimum atomic E-state index is 0.183. The van der Waals surface area contributed by atoms with E-state index < -0.39 is 0 Å². The SMILES string of the molecule is CCC(C)(C)N(C)c1ccnc(CNC2CC2)c1. The van der Waals surface area contributed by atoms with Gasteiger partial charge >= 0.3 is 0 Å². The van der Waals surface area contributed by atoms with Gasteiger partial charge in [0, 0.05) is 37.1 Å². The highest BCUT2D eigenvalue weighted by atomic mass is 15.2. The number of hydrogen-bond donors (Lipinski definition) is 1. The molecule has 0 bridgehead atoms. The van der Waals surface area contributed by atoms with E-state index in [1.807, 2.05) is 6.20 Å². The van der Waals surface area contributed by atoms with E-state index in [1.165, 1.54) is 18.5 Å². The zero-order valence-electron chi connectivity index (χ0n) is 12.0. The Morgan fingerprint density at radius 2 is 2.17 bits per heavy atom. The van der Waals surface area contributed by atoms with Crippen LogP contribution in [0.2, 0.25) is 0 Å². The second kappa shape index (κ2) is 5.27. The highest BCUT2D eigenvalue weighted by Gasteiger charge is 2.22. The Kier molecular flexibility index (Phi) is 3.91. The first-order valence-corrected chi connectivity index (χ1v) is 6.95. The highest BCUT2D eigenvalue weighted by Crippen LogP contribution is 2.25. The first kappa shape index (κ1) is 13.3. The number of aromatic nitrogens is 1. The van der Waals surface area contributed by atoms with Gasteiger partial charge in [0.15, 0.2) is 0 Å². The molecule has 1 aliphatic carbocycles. The molecule has 1 heterocycles. The minimum Gasteiger partial charge on any atom is -0.369 e. The van der Waals surface area contributed by atoms with Crippen molar-refractivity contribution in [2.75, 3.05) is 11.9 Å². The van der Waals surface area contributed by atoms with Crippen LogP contribution in [0.15, 0.2) is 18.3 Å². The van der Waals surface area contributed by atoms with Gasteiger partial charge in [-0.3, -0.25) is 4.98 Å². The lowest BCUT2D eigenvalue weighted by molar-refractivity contribution is 0.470. The zero-order chi connectivity index (χ0) is 13.2. The van der Waals surface area contributed by atoms with Gasteiger partial charge in [0.05, 0.1) is 5.69 Å². The van der Waals surface area contributed by atoms with Gasteiger partial charge in [-0.15, -0.1) is 0 Å². The maximum atomic E-state index is 4.44. The molecule has 1 aromatic heterocycles. The standard InChI is InChI=1S/C15H25N3/c1-5-15(2,3)18(4)14-8-9-16-13(10-14)11-17-12-6-7-12/h8-10,12,17H,5-7,11H2,1-4H3. The van der Waals surface area contributed by atoms with Crippen LogP contribution >= 0.6 is 0 Å². The Hall–Kier alpha value is -1.09. The Labute approximate surface area is 111 Å². The van der Waals surface area contributed by atoms with Gasteiger partial charge in [0.1, 0.15) is 0 Å². The summed E-state index contributed by atoms with van der Waals surface area (Å²) in [5, 5.41) is 3.51. The predicted octanol–water partition coefficient (Wildman–Crippen LogP) is 2.96. The van der Waals surface area contributed by atoms with Crippen LogP contribution in [0.1, 0.15) is 45.7 Å². The van der Waals surface area contributed by atoms with Crippen LogP contribution in [0.25, 0.3) is 0 Å². The van der Waals surface area contributed by atoms with E-state index in [1.54, 1.807) is 0 Å². The summed E-state index contributed by atoms with van der Waals surface area (Å²) in [5.74, 6) is 0. The second-order valence-electron chi connectivity index (χ2n) is 5.89. The fourth-order valence-electron chi connectivity index (χ4n) is 1.89. The van der Waals surface area contributed by atoms with Crippen molar-refractivity contribution in [2.45, 2.75) is 58.2 Å². The third kappa shape index (κ3) is 3.22. The Balaban J connectivity index is 2.05. The number of nitrogens with one attached hydrogen (secondary N) is 1. The first-order valence-electron chi connectivity index (χ1n) is 6.95. The van der Waals surface area contributed by atoms with E-state index in [9.17, 15) is 0 Å². The van der Waals surface area contributed by atoms with Crippen molar-refractivity contribution in [3.05, 3.63) is 24.0 Å². The van der Waals surface area contributed by atoms with Crippen molar-refractivity contribution in [2.24, 2.45) is 0 Å². The molecule has 2 rings (SSSR count). The first-order chi connectivity index (χ1) is 8.53. The summed E-state index contributed by atoms with van der Waals surface area (Å²) in [6, 6.07) is 5.03. The fraction of sp³-hybridized carbons (Fsp3) is 0.667. The highest BCUT2D eigenvalue weighted by molar-refractivity contribution is 5.48. The van der Waals surface area contributed by atoms with Crippen LogP contribution < -0.4 is 10.2 Å². The molecule has 0 saturated heterocycles. The molecule has 0 radical (unpaired) electrons. The summed E-state index contributed by atoms with van der Waals surface area (Å²) in [5.41, 5.74) is 2.57. The van der Waals surface area contributed by atoms with Crippen LogP contribution in [0.4, 0.5) is 5.69 Å². The number of pyridine rings is 1. The van der Waals surface area contributed by atoms with E-state index in [0.29, 0.717) is 0 Å². The van der Waals surface area contributed by atoms with Gasteiger partial charge in [-0.25, -0.2) is 0 Å². The van der Waals surface area contributed by atoms with Crippen LogP contribution in [0.5, 0.6) is 0 Å². The normalized spacial score (nSPS) is 15.8. The lowest BCUT2D eigenvalue weighted by Crippen LogP contribution is -2.40. The topological polar surface area (TPSA) is 28.2 Å². The number of hydrogen-bond acceptors (Lipinski definition) is 3. The fourth-order valence-corrected chi connectivity index (χ4v) is 1.89. The van der Waals surface area contributed by atoms with Crippen LogP contribution in [0.3, 0.4) is 0 Å². The molecular weight excluding hydrogens is 222 g/mol. The van der Waals surface area contributed by atoms with E-state index in [4.69, 9.17) is 0 Å². The Bertz CT molecular complexity index is 396. The van der Waals surface area contributed by atoms with Crippen LogP contribution in [-0.4, -0.2) is 23.6 Å². The lowest BCUT2D eigenvalue weighted by Gasteiger charge is -2.36. The van der Waals surface area contributed by atoms with Crippen LogP contribution in [-0.2, 0) is 6.54 Å². The monoisotopic (exact) mass is 247 g/mol. The summed E-state index contributed by atoms with van der Waals surface area (Å²) >= 11 is 0. The second-order valence-corrected chi connectivity index (χ2v) is 5.89. The van der Waals surface area contributed by atoms with Gasteiger partial charge in [-0.2, -0.15) is 0 Å². The van der Waals surface area contributed by atoms with Crippen molar-refractivity contribution >= 4 is 5.69 Å². The molecule has 1 aliphatic rings. The van der Waals surface area contributed by atoms with Crippen molar-refractivity contribution < 1.29 is 0 Å². The van der Waals surface area contributed by atoms with Crippen molar-refractivity contribution in [1.29, 1.82) is 0 Å². The summed E-state index contributed by atoms with van der Waals surface area (Å²) in [6.07, 6.45) is 5.69. The largest absolute Gasteiger partial charge is 0.369 e. The molecule has 0 atom stereocenters. The molecule has 1 aromatic rings. The van der Waals surface area contributed by atoms with E-state index >= 15 is 0 Å². The summed E-state index contributed by atoms with van der Waals surface area (Å²) in [4.78, 5) is 6.78. The van der Waals surface area contributed by atoms with Crippen molar-refractivity contribution in [3.63, 3.8) is 0 Å². The molecule has 0 spiro atoms. The molecule has 3 heteroatoms. The van der Waals surface area contributed by atoms with Crippen molar-refractivity contribution in [1.82, 2.24) is 10.3 Å². The molecule has 3 nitrogen and oxygen atoms in total. The van der Waals surface area contributed by atoms with Gasteiger partial charge in [0.2, 0.25) is 0 Å². The summed E-state index contributed by atoms with van der Waals surface area (Å²) in [7, 11) is 2.16. The molecule has 100 valence electrons. The third-order valence-electron chi connectivity index (χ3n) is 4.11. The number of rotatable bonds is 6. The van der Waals surface area contributed by atoms with Gasteiger partial charge in [-0.1, -0.05) is 6.92 Å². The molecule has 18 heavy (non-hydrogen) atoms. The summed E-state index contributed by atoms with van der Waals surface area (Å²) < 4.78 is 0. The summed E-state index contributed by atoms with van der Waals surface area (Å²) in [6.45, 7) is 7.66. The maximum Gasteiger partial charge on any atom is 0.0562 e. The molecule has 1 fully saturated rings. The average molecular weight is 247 g/mol. The van der Waals surface area contributed by atoms with Gasteiger partial charge < -0.3 is 10.2 Å². The Morgan fingerprint density at radius 3 is 2.78 bits per heavy atom. The quantitative estimate of drug-likeness (QED) is 0.837.